The van der Waals surface area contributed by atoms with Crippen LogP contribution in [0.5, 0.6) is 11.5 Å². The SMILES string of the molecule is COc1cc(OC)cc(C(=O)N[C@@H](C(=O)NCc2ccccn2)C(C)C)c1. The van der Waals surface area contributed by atoms with Crippen LogP contribution in [0.25, 0.3) is 0 Å². The number of hydrogen-bond acceptors (Lipinski definition) is 5. The summed E-state index contributed by atoms with van der Waals surface area (Å²) in [4.78, 5) is 29.4. The number of benzene rings is 1. The Labute approximate surface area is 159 Å². The maximum Gasteiger partial charge on any atom is 0.252 e. The molecule has 0 fully saturated rings. The number of amides is 2. The van der Waals surface area contributed by atoms with Gasteiger partial charge in [-0.15, -0.1) is 0 Å². The van der Waals surface area contributed by atoms with Crippen LogP contribution in [0, 0.1) is 5.92 Å². The zero-order valence-corrected chi connectivity index (χ0v) is 16.0. The number of rotatable bonds is 8. The van der Waals surface area contributed by atoms with Crippen molar-refractivity contribution in [3.63, 3.8) is 0 Å². The fourth-order valence-corrected chi connectivity index (χ4v) is 2.49. The van der Waals surface area contributed by atoms with Gasteiger partial charge in [-0.05, 0) is 30.2 Å². The Morgan fingerprint density at radius 3 is 2.26 bits per heavy atom. The largest absolute Gasteiger partial charge is 0.497 e. The van der Waals surface area contributed by atoms with Crippen molar-refractivity contribution in [2.45, 2.75) is 26.4 Å². The summed E-state index contributed by atoms with van der Waals surface area (Å²) in [6.45, 7) is 4.04. The van der Waals surface area contributed by atoms with Crippen molar-refractivity contribution in [2.75, 3.05) is 14.2 Å². The molecule has 0 saturated carbocycles. The Kier molecular flexibility index (Phi) is 7.16. The molecule has 0 aliphatic heterocycles. The van der Waals surface area contributed by atoms with Crippen LogP contribution < -0.4 is 20.1 Å². The maximum absolute atomic E-state index is 12.7. The summed E-state index contributed by atoms with van der Waals surface area (Å²) in [6, 6.07) is 9.68. The van der Waals surface area contributed by atoms with E-state index in [4.69, 9.17) is 9.47 Å². The van der Waals surface area contributed by atoms with Crippen molar-refractivity contribution in [1.29, 1.82) is 0 Å². The molecular formula is C20H25N3O4. The van der Waals surface area contributed by atoms with Gasteiger partial charge in [0.05, 0.1) is 26.5 Å². The third-order valence-corrected chi connectivity index (χ3v) is 4.02. The smallest absolute Gasteiger partial charge is 0.252 e. The van der Waals surface area contributed by atoms with Crippen LogP contribution in [0.3, 0.4) is 0 Å². The van der Waals surface area contributed by atoms with Crippen LogP contribution in [0.1, 0.15) is 29.9 Å². The third-order valence-electron chi connectivity index (χ3n) is 4.02. The van der Waals surface area contributed by atoms with Gasteiger partial charge in [0.1, 0.15) is 17.5 Å². The summed E-state index contributed by atoms with van der Waals surface area (Å²) < 4.78 is 10.4. The Morgan fingerprint density at radius 2 is 1.74 bits per heavy atom. The molecule has 2 rings (SSSR count). The van der Waals surface area contributed by atoms with Gasteiger partial charge in [-0.1, -0.05) is 19.9 Å². The van der Waals surface area contributed by atoms with Gasteiger partial charge in [-0.2, -0.15) is 0 Å². The van der Waals surface area contributed by atoms with E-state index in [-0.39, 0.29) is 17.7 Å². The van der Waals surface area contributed by atoms with E-state index in [1.54, 1.807) is 24.4 Å². The second kappa shape index (κ2) is 9.56. The number of hydrogen-bond donors (Lipinski definition) is 2. The highest BCUT2D eigenvalue weighted by atomic mass is 16.5. The molecule has 0 radical (unpaired) electrons. The van der Waals surface area contributed by atoms with Crippen LogP contribution in [0.15, 0.2) is 42.6 Å². The fourth-order valence-electron chi connectivity index (χ4n) is 2.49. The first-order valence-corrected chi connectivity index (χ1v) is 8.66. The van der Waals surface area contributed by atoms with Gasteiger partial charge in [0, 0.05) is 17.8 Å². The molecule has 0 spiro atoms. The van der Waals surface area contributed by atoms with E-state index in [1.165, 1.54) is 14.2 Å². The Balaban J connectivity index is 2.08. The molecule has 1 aromatic heterocycles. The average Bonchev–Trinajstić information content (AvgIpc) is 2.70. The molecule has 0 saturated heterocycles. The lowest BCUT2D eigenvalue weighted by molar-refractivity contribution is -0.124. The molecule has 0 aliphatic rings. The molecule has 2 N–H and O–H groups in total. The first-order valence-electron chi connectivity index (χ1n) is 8.66. The Morgan fingerprint density at radius 1 is 1.07 bits per heavy atom. The highest BCUT2D eigenvalue weighted by molar-refractivity contribution is 5.98. The first kappa shape index (κ1) is 20.2. The molecule has 27 heavy (non-hydrogen) atoms. The highest BCUT2D eigenvalue weighted by Crippen LogP contribution is 2.22. The monoisotopic (exact) mass is 371 g/mol. The summed E-state index contributed by atoms with van der Waals surface area (Å²) in [7, 11) is 3.02. The van der Waals surface area contributed by atoms with E-state index >= 15 is 0 Å². The van der Waals surface area contributed by atoms with Crippen molar-refractivity contribution < 1.29 is 19.1 Å². The zero-order valence-electron chi connectivity index (χ0n) is 16.0. The number of aromatic nitrogens is 1. The van der Waals surface area contributed by atoms with Crippen molar-refractivity contribution in [3.8, 4) is 11.5 Å². The van der Waals surface area contributed by atoms with Gasteiger partial charge in [0.25, 0.3) is 5.91 Å². The highest BCUT2D eigenvalue weighted by Gasteiger charge is 2.25. The molecule has 2 amide bonds. The van der Waals surface area contributed by atoms with Crippen LogP contribution in [0.2, 0.25) is 0 Å². The summed E-state index contributed by atoms with van der Waals surface area (Å²) in [5.41, 5.74) is 1.10. The van der Waals surface area contributed by atoms with Crippen LogP contribution >= 0.6 is 0 Å². The van der Waals surface area contributed by atoms with E-state index in [2.05, 4.69) is 15.6 Å². The van der Waals surface area contributed by atoms with E-state index in [9.17, 15) is 9.59 Å². The molecule has 7 heteroatoms. The standard InChI is InChI=1S/C20H25N3O4/c1-13(2)18(20(25)22-12-15-7-5-6-8-21-15)23-19(24)14-9-16(26-3)11-17(10-14)27-4/h5-11,13,18H,12H2,1-4H3,(H,22,25)(H,23,24)/t18-/m1/s1. The van der Waals surface area contributed by atoms with Crippen LogP contribution in [0.4, 0.5) is 0 Å². The van der Waals surface area contributed by atoms with Crippen molar-refractivity contribution in [2.24, 2.45) is 5.92 Å². The summed E-state index contributed by atoms with van der Waals surface area (Å²) in [5.74, 6) is 0.267. The zero-order chi connectivity index (χ0) is 19.8. The Bertz CT molecular complexity index is 756. The number of carbonyl (C=O) groups excluding carboxylic acids is 2. The molecule has 1 heterocycles. The summed E-state index contributed by atoms with van der Waals surface area (Å²) in [6.07, 6.45) is 1.67. The molecule has 0 unspecified atom stereocenters. The lowest BCUT2D eigenvalue weighted by Gasteiger charge is -2.22. The number of ether oxygens (including phenoxy) is 2. The van der Waals surface area contributed by atoms with E-state index in [0.717, 1.165) is 5.69 Å². The van der Waals surface area contributed by atoms with Crippen LogP contribution in [-0.4, -0.2) is 37.1 Å². The molecule has 0 aliphatic carbocycles. The predicted molar refractivity (Wildman–Crippen MR) is 102 cm³/mol. The normalized spacial score (nSPS) is 11.6. The van der Waals surface area contributed by atoms with Gasteiger partial charge in [0.2, 0.25) is 5.91 Å². The number of nitrogens with one attached hydrogen (secondary N) is 2. The maximum atomic E-state index is 12.7. The van der Waals surface area contributed by atoms with Gasteiger partial charge in [-0.25, -0.2) is 0 Å². The minimum absolute atomic E-state index is 0.0924. The summed E-state index contributed by atoms with van der Waals surface area (Å²) >= 11 is 0. The number of methoxy groups -OCH3 is 2. The second-order valence-corrected chi connectivity index (χ2v) is 6.34. The first-order chi connectivity index (χ1) is 12.9. The topological polar surface area (TPSA) is 89.5 Å². The van der Waals surface area contributed by atoms with E-state index in [1.807, 2.05) is 32.0 Å². The quantitative estimate of drug-likeness (QED) is 0.742. The van der Waals surface area contributed by atoms with Gasteiger partial charge in [0.15, 0.2) is 0 Å². The molecule has 7 nitrogen and oxygen atoms in total. The second-order valence-electron chi connectivity index (χ2n) is 6.34. The lowest BCUT2D eigenvalue weighted by atomic mass is 10.0. The van der Waals surface area contributed by atoms with E-state index in [0.29, 0.717) is 23.6 Å². The number of carbonyl (C=O) groups is 2. The van der Waals surface area contributed by atoms with Crippen molar-refractivity contribution >= 4 is 11.8 Å². The van der Waals surface area contributed by atoms with Gasteiger partial charge in [-0.3, -0.25) is 14.6 Å². The predicted octanol–water partition coefficient (Wildman–Crippen LogP) is 2.17. The lowest BCUT2D eigenvalue weighted by Crippen LogP contribution is -2.49. The molecule has 1 aromatic carbocycles. The molecule has 2 aromatic rings. The number of nitrogens with zero attached hydrogens (tertiary/aromatic N) is 1. The molecule has 0 bridgehead atoms. The average molecular weight is 371 g/mol. The van der Waals surface area contributed by atoms with Crippen molar-refractivity contribution in [1.82, 2.24) is 15.6 Å². The fraction of sp³-hybridized carbons (Fsp3) is 0.350. The third kappa shape index (κ3) is 5.70. The number of pyridine rings is 1. The van der Waals surface area contributed by atoms with Crippen LogP contribution in [-0.2, 0) is 11.3 Å². The molecular weight excluding hydrogens is 346 g/mol. The molecule has 1 atom stereocenters. The summed E-state index contributed by atoms with van der Waals surface area (Å²) in [5, 5.41) is 5.61. The minimum Gasteiger partial charge on any atom is -0.497 e. The van der Waals surface area contributed by atoms with Gasteiger partial charge < -0.3 is 20.1 Å². The molecule has 144 valence electrons. The van der Waals surface area contributed by atoms with Crippen molar-refractivity contribution in [3.05, 3.63) is 53.9 Å². The minimum atomic E-state index is -0.682. The van der Waals surface area contributed by atoms with Gasteiger partial charge >= 0.3 is 0 Å². The Hall–Kier alpha value is -3.09. The van der Waals surface area contributed by atoms with E-state index < -0.39 is 6.04 Å².